The van der Waals surface area contributed by atoms with Crippen LogP contribution in [0.4, 0.5) is 5.69 Å². The van der Waals surface area contributed by atoms with E-state index in [-0.39, 0.29) is 11.8 Å². The molecular weight excluding hydrogens is 468 g/mol. The average molecular weight is 503 g/mol. The molecule has 192 valence electrons. The van der Waals surface area contributed by atoms with Crippen molar-refractivity contribution >= 4 is 11.6 Å². The number of hydrogen-bond acceptors (Lipinski definition) is 3. The Hall–Kier alpha value is -4.31. The minimum atomic E-state index is -0.135. The lowest BCUT2D eigenvalue weighted by Gasteiger charge is -2.23. The fourth-order valence-corrected chi connectivity index (χ4v) is 5.02. The first kappa shape index (κ1) is 25.3. The number of anilines is 1. The van der Waals surface area contributed by atoms with Crippen LogP contribution in [0.25, 0.3) is 0 Å². The Kier molecular flexibility index (Phi) is 8.52. The number of nitrogens with one attached hydrogen (secondary N) is 1. The molecule has 1 aliphatic heterocycles. The van der Waals surface area contributed by atoms with Crippen LogP contribution in [0.5, 0.6) is 11.5 Å². The predicted octanol–water partition coefficient (Wildman–Crippen LogP) is 7.59. The Morgan fingerprint density at radius 2 is 1.37 bits per heavy atom. The van der Waals surface area contributed by atoms with E-state index in [0.717, 1.165) is 43.8 Å². The molecule has 0 atom stereocenters. The number of carbonyl (C=O) groups is 1. The smallest absolute Gasteiger partial charge is 0.255 e. The maximum Gasteiger partial charge on any atom is 0.255 e. The highest BCUT2D eigenvalue weighted by atomic mass is 16.5. The van der Waals surface area contributed by atoms with Gasteiger partial charge in [-0.1, -0.05) is 97.1 Å². The van der Waals surface area contributed by atoms with Crippen molar-refractivity contribution in [2.75, 3.05) is 24.5 Å². The van der Waals surface area contributed by atoms with Crippen LogP contribution in [0.1, 0.15) is 46.7 Å². The zero-order valence-electron chi connectivity index (χ0n) is 21.6. The largest absolute Gasteiger partial charge is 0.454 e. The summed E-state index contributed by atoms with van der Waals surface area (Å²) in [7, 11) is 0. The second kappa shape index (κ2) is 12.8. The molecule has 4 aromatic rings. The van der Waals surface area contributed by atoms with Crippen LogP contribution in [0.2, 0.25) is 0 Å². The predicted molar refractivity (Wildman–Crippen MR) is 155 cm³/mol. The number of carbonyl (C=O) groups excluding carboxylic acids is 1. The first-order chi connectivity index (χ1) is 18.8. The van der Waals surface area contributed by atoms with Gasteiger partial charge in [0.2, 0.25) is 0 Å². The zero-order chi connectivity index (χ0) is 26.0. The van der Waals surface area contributed by atoms with E-state index in [0.29, 0.717) is 17.9 Å². The second-order valence-electron chi connectivity index (χ2n) is 9.55. The molecule has 0 aromatic heterocycles. The molecule has 1 heterocycles. The van der Waals surface area contributed by atoms with Gasteiger partial charge in [-0.25, -0.2) is 0 Å². The highest BCUT2D eigenvalue weighted by molar-refractivity contribution is 5.99. The number of ether oxygens (including phenoxy) is 1. The molecule has 0 saturated carbocycles. The van der Waals surface area contributed by atoms with Gasteiger partial charge in [0.25, 0.3) is 5.91 Å². The summed E-state index contributed by atoms with van der Waals surface area (Å²) in [6.45, 7) is 2.40. The fourth-order valence-electron chi connectivity index (χ4n) is 5.02. The lowest BCUT2D eigenvalue weighted by Crippen LogP contribution is -2.25. The van der Waals surface area contributed by atoms with Gasteiger partial charge in [-0.2, -0.15) is 0 Å². The molecule has 4 nitrogen and oxygen atoms in total. The van der Waals surface area contributed by atoms with E-state index in [1.54, 1.807) is 0 Å². The third kappa shape index (κ3) is 6.33. The topological polar surface area (TPSA) is 41.6 Å². The number of amides is 1. The van der Waals surface area contributed by atoms with Gasteiger partial charge in [-0.3, -0.25) is 4.79 Å². The highest BCUT2D eigenvalue weighted by Gasteiger charge is 2.22. The van der Waals surface area contributed by atoms with Crippen LogP contribution < -0.4 is 15.0 Å². The van der Waals surface area contributed by atoms with E-state index in [1.165, 1.54) is 11.1 Å². The molecule has 1 N–H and O–H groups in total. The summed E-state index contributed by atoms with van der Waals surface area (Å²) >= 11 is 0. The number of benzene rings is 4. The number of hydrogen-bond donors (Lipinski definition) is 1. The first-order valence-corrected chi connectivity index (χ1v) is 13.4. The van der Waals surface area contributed by atoms with Gasteiger partial charge >= 0.3 is 0 Å². The molecule has 4 aromatic carbocycles. The van der Waals surface area contributed by atoms with Crippen molar-refractivity contribution in [3.05, 3.63) is 138 Å². The Balaban J connectivity index is 1.28. The highest BCUT2D eigenvalue weighted by Crippen LogP contribution is 2.37. The van der Waals surface area contributed by atoms with E-state index >= 15 is 0 Å². The van der Waals surface area contributed by atoms with Crippen molar-refractivity contribution in [3.63, 3.8) is 0 Å². The Labute approximate surface area is 225 Å². The molecule has 1 saturated heterocycles. The maximum absolute atomic E-state index is 13.3. The van der Waals surface area contributed by atoms with Crippen LogP contribution in [-0.2, 0) is 0 Å². The molecule has 1 amide bonds. The average Bonchev–Trinajstić information content (AvgIpc) is 3.51. The van der Waals surface area contributed by atoms with E-state index in [9.17, 15) is 4.79 Å². The van der Waals surface area contributed by atoms with Crippen molar-refractivity contribution in [1.82, 2.24) is 5.32 Å². The van der Waals surface area contributed by atoms with Gasteiger partial charge < -0.3 is 15.0 Å². The van der Waals surface area contributed by atoms with Gasteiger partial charge in [0, 0.05) is 25.6 Å². The summed E-state index contributed by atoms with van der Waals surface area (Å²) in [5.41, 5.74) is 4.10. The second-order valence-corrected chi connectivity index (χ2v) is 9.55. The third-order valence-corrected chi connectivity index (χ3v) is 6.97. The molecule has 0 spiro atoms. The van der Waals surface area contributed by atoms with Crippen LogP contribution in [0, 0.1) is 0 Å². The monoisotopic (exact) mass is 502 g/mol. The summed E-state index contributed by atoms with van der Waals surface area (Å²) in [6, 6.07) is 36.6. The van der Waals surface area contributed by atoms with Crippen molar-refractivity contribution in [1.29, 1.82) is 0 Å². The minimum Gasteiger partial charge on any atom is -0.454 e. The molecule has 38 heavy (non-hydrogen) atoms. The molecule has 1 fully saturated rings. The molecule has 4 heteroatoms. The van der Waals surface area contributed by atoms with Crippen LogP contribution in [-0.4, -0.2) is 25.5 Å². The Morgan fingerprint density at radius 1 is 0.763 bits per heavy atom. The number of rotatable bonds is 10. The minimum absolute atomic E-state index is 0.135. The van der Waals surface area contributed by atoms with Crippen LogP contribution in [0.15, 0.2) is 121 Å². The lowest BCUT2D eigenvalue weighted by atomic mass is 9.88. The third-order valence-electron chi connectivity index (χ3n) is 6.97. The molecule has 0 bridgehead atoms. The Bertz CT molecular complexity index is 1290. The summed E-state index contributed by atoms with van der Waals surface area (Å²) in [5.74, 6) is 1.48. The van der Waals surface area contributed by atoms with Gasteiger partial charge in [0.15, 0.2) is 5.75 Å². The molecule has 5 rings (SSSR count). The van der Waals surface area contributed by atoms with Gasteiger partial charge in [-0.05, 0) is 54.7 Å². The van der Waals surface area contributed by atoms with Crippen molar-refractivity contribution < 1.29 is 9.53 Å². The van der Waals surface area contributed by atoms with Crippen molar-refractivity contribution in [2.45, 2.75) is 25.2 Å². The molecule has 0 radical (unpaired) electrons. The van der Waals surface area contributed by atoms with E-state index in [4.69, 9.17) is 4.74 Å². The molecule has 1 aliphatic rings. The summed E-state index contributed by atoms with van der Waals surface area (Å²) in [6.07, 6.45) is 7.36. The standard InChI is InChI=1S/C34H34N2O2/c37-34(35-24-11-10-21-30(27-15-4-1-5-16-27)28-17-6-2-7-18-28)31-22-14-23-32(36-25-12-13-26-36)33(31)38-29-19-8-3-9-20-29/h1-11,14-20,22-23,30H,12-13,21,24-26H2,(H,35,37)/b11-10-. The summed E-state index contributed by atoms with van der Waals surface area (Å²) in [4.78, 5) is 15.6. The molecular formula is C34H34N2O2. The van der Waals surface area contributed by atoms with E-state index in [2.05, 4.69) is 64.8 Å². The van der Waals surface area contributed by atoms with E-state index in [1.807, 2.05) is 66.7 Å². The Morgan fingerprint density at radius 3 is 2.00 bits per heavy atom. The van der Waals surface area contributed by atoms with Crippen molar-refractivity contribution in [2.24, 2.45) is 0 Å². The van der Waals surface area contributed by atoms with Gasteiger partial charge in [0.1, 0.15) is 5.75 Å². The van der Waals surface area contributed by atoms with Gasteiger partial charge in [0.05, 0.1) is 11.3 Å². The van der Waals surface area contributed by atoms with Crippen LogP contribution in [0.3, 0.4) is 0 Å². The van der Waals surface area contributed by atoms with E-state index < -0.39 is 0 Å². The van der Waals surface area contributed by atoms with Crippen LogP contribution >= 0.6 is 0 Å². The lowest BCUT2D eigenvalue weighted by molar-refractivity contribution is 0.0955. The number of allylic oxidation sites excluding steroid dienone is 1. The van der Waals surface area contributed by atoms with Gasteiger partial charge in [-0.15, -0.1) is 0 Å². The first-order valence-electron chi connectivity index (χ1n) is 13.4. The molecule has 0 aliphatic carbocycles. The fraction of sp³-hybridized carbons (Fsp3) is 0.206. The number of nitrogens with zero attached hydrogens (tertiary/aromatic N) is 1. The molecule has 0 unspecified atom stereocenters. The normalized spacial score (nSPS) is 13.2. The SMILES string of the molecule is O=C(NC/C=C\CC(c1ccccc1)c1ccccc1)c1cccc(N2CCCC2)c1Oc1ccccc1. The zero-order valence-corrected chi connectivity index (χ0v) is 21.6. The summed E-state index contributed by atoms with van der Waals surface area (Å²) in [5, 5.41) is 3.07. The number of para-hydroxylation sites is 2. The maximum atomic E-state index is 13.3. The van der Waals surface area contributed by atoms with Crippen molar-refractivity contribution in [3.8, 4) is 11.5 Å². The quantitative estimate of drug-likeness (QED) is 0.227. The summed E-state index contributed by atoms with van der Waals surface area (Å²) < 4.78 is 6.31.